The Labute approximate surface area is 114 Å². The molecule has 2 unspecified atom stereocenters. The summed E-state index contributed by atoms with van der Waals surface area (Å²) in [7, 11) is 1.77. The normalized spacial score (nSPS) is 22.5. The average Bonchev–Trinajstić information content (AvgIpc) is 2.88. The molecule has 0 aromatic carbocycles. The molecule has 2 rings (SSSR count). The van der Waals surface area contributed by atoms with Crippen molar-refractivity contribution in [3.8, 4) is 0 Å². The fraction of sp³-hybridized carbons (Fsp3) is 0.692. The van der Waals surface area contributed by atoms with E-state index in [-0.39, 0.29) is 6.10 Å². The van der Waals surface area contributed by atoms with Gasteiger partial charge in [0.2, 0.25) is 0 Å². The number of nitrogens with two attached hydrogens (primary N) is 1. The zero-order chi connectivity index (χ0) is 13.8. The van der Waals surface area contributed by atoms with Gasteiger partial charge in [-0.2, -0.15) is 0 Å². The van der Waals surface area contributed by atoms with Crippen LogP contribution in [0, 0.1) is 6.92 Å². The summed E-state index contributed by atoms with van der Waals surface area (Å²) < 4.78 is 5.50. The van der Waals surface area contributed by atoms with Crippen LogP contribution in [0.3, 0.4) is 0 Å². The average molecular weight is 265 g/mol. The third kappa shape index (κ3) is 2.96. The summed E-state index contributed by atoms with van der Waals surface area (Å²) in [5.41, 5.74) is 3.58. The Morgan fingerprint density at radius 3 is 2.68 bits per heavy atom. The van der Waals surface area contributed by atoms with E-state index in [1.54, 1.807) is 7.11 Å². The highest BCUT2D eigenvalue weighted by Gasteiger charge is 2.28. The first-order valence-electron chi connectivity index (χ1n) is 6.83. The number of rotatable bonds is 5. The fourth-order valence-electron chi connectivity index (χ4n) is 2.55. The van der Waals surface area contributed by atoms with Crippen LogP contribution in [0.2, 0.25) is 0 Å². The van der Waals surface area contributed by atoms with Crippen LogP contribution in [-0.2, 0) is 11.2 Å². The minimum atomic E-state index is 0.258. The number of ether oxygens (including phenoxy) is 1. The van der Waals surface area contributed by atoms with Crippen molar-refractivity contribution >= 4 is 11.6 Å². The smallest absolute Gasteiger partial charge is 0.148 e. The van der Waals surface area contributed by atoms with Gasteiger partial charge in [0.05, 0.1) is 12.1 Å². The van der Waals surface area contributed by atoms with Crippen LogP contribution in [0.5, 0.6) is 0 Å². The highest BCUT2D eigenvalue weighted by molar-refractivity contribution is 5.57. The molecule has 2 atom stereocenters. The van der Waals surface area contributed by atoms with Gasteiger partial charge < -0.3 is 15.5 Å². The molecule has 1 saturated carbocycles. The summed E-state index contributed by atoms with van der Waals surface area (Å²) in [5, 5.41) is 3.49. The standard InChI is InChI=1S/C13H23N5O/c1-4-11-16-12(8(2)13(17-11)18-14)15-9-6-5-7-10(9)19-3/h9-10H,4-7,14H2,1-3H3,(H2,15,16,17,18). The molecule has 1 aromatic rings. The van der Waals surface area contributed by atoms with E-state index in [4.69, 9.17) is 10.6 Å². The van der Waals surface area contributed by atoms with Gasteiger partial charge in [-0.05, 0) is 26.2 Å². The summed E-state index contributed by atoms with van der Waals surface area (Å²) in [6.45, 7) is 4.00. The Morgan fingerprint density at radius 2 is 2.05 bits per heavy atom. The third-order valence-electron chi connectivity index (χ3n) is 3.72. The van der Waals surface area contributed by atoms with Gasteiger partial charge in [-0.15, -0.1) is 0 Å². The Morgan fingerprint density at radius 1 is 1.32 bits per heavy atom. The van der Waals surface area contributed by atoms with Crippen LogP contribution in [0.1, 0.15) is 37.6 Å². The molecule has 1 aromatic heterocycles. The van der Waals surface area contributed by atoms with Gasteiger partial charge in [0.25, 0.3) is 0 Å². The Bertz CT molecular complexity index is 437. The van der Waals surface area contributed by atoms with Gasteiger partial charge in [0.15, 0.2) is 0 Å². The van der Waals surface area contributed by atoms with E-state index in [1.807, 2.05) is 13.8 Å². The number of aryl methyl sites for hydroxylation is 1. The molecule has 1 fully saturated rings. The SMILES string of the molecule is CCc1nc(NN)c(C)c(NC2CCCC2OC)n1. The van der Waals surface area contributed by atoms with Crippen LogP contribution in [0.4, 0.5) is 11.6 Å². The van der Waals surface area contributed by atoms with Gasteiger partial charge >= 0.3 is 0 Å². The minimum Gasteiger partial charge on any atom is -0.379 e. The summed E-state index contributed by atoms with van der Waals surface area (Å²) in [4.78, 5) is 8.92. The van der Waals surface area contributed by atoms with Crippen LogP contribution in [-0.4, -0.2) is 29.2 Å². The van der Waals surface area contributed by atoms with E-state index in [0.29, 0.717) is 11.9 Å². The lowest BCUT2D eigenvalue weighted by Crippen LogP contribution is -2.31. The van der Waals surface area contributed by atoms with Crippen molar-refractivity contribution in [2.45, 2.75) is 51.7 Å². The molecule has 1 aliphatic carbocycles. The molecule has 0 saturated heterocycles. The number of nitrogens with zero attached hydrogens (tertiary/aromatic N) is 2. The first-order chi connectivity index (χ1) is 9.19. The summed E-state index contributed by atoms with van der Waals surface area (Å²) in [6.07, 6.45) is 4.43. The molecule has 0 spiro atoms. The first kappa shape index (κ1) is 14.0. The van der Waals surface area contributed by atoms with Crippen molar-refractivity contribution in [2.24, 2.45) is 5.84 Å². The maximum Gasteiger partial charge on any atom is 0.148 e. The van der Waals surface area contributed by atoms with Gasteiger partial charge in [-0.25, -0.2) is 15.8 Å². The molecule has 0 amide bonds. The number of methoxy groups -OCH3 is 1. The molecule has 0 aliphatic heterocycles. The molecule has 106 valence electrons. The molecule has 4 N–H and O–H groups in total. The maximum absolute atomic E-state index is 5.51. The Balaban J connectivity index is 2.23. The lowest BCUT2D eigenvalue weighted by atomic mass is 10.2. The van der Waals surface area contributed by atoms with E-state index in [1.165, 1.54) is 6.42 Å². The highest BCUT2D eigenvalue weighted by atomic mass is 16.5. The number of aromatic nitrogens is 2. The zero-order valence-corrected chi connectivity index (χ0v) is 11.9. The largest absolute Gasteiger partial charge is 0.379 e. The third-order valence-corrected chi connectivity index (χ3v) is 3.72. The van der Waals surface area contributed by atoms with E-state index in [0.717, 1.165) is 36.5 Å². The molecule has 0 radical (unpaired) electrons. The lowest BCUT2D eigenvalue weighted by molar-refractivity contribution is 0.101. The number of hydrazine groups is 1. The molecular weight excluding hydrogens is 242 g/mol. The molecule has 6 nitrogen and oxygen atoms in total. The van der Waals surface area contributed by atoms with Crippen LogP contribution >= 0.6 is 0 Å². The number of nitrogens with one attached hydrogen (secondary N) is 2. The molecule has 1 aliphatic rings. The summed E-state index contributed by atoms with van der Waals surface area (Å²) >= 11 is 0. The predicted octanol–water partition coefficient (Wildman–Crippen LogP) is 1.61. The Hall–Kier alpha value is -1.40. The Kier molecular flexibility index (Phi) is 4.55. The van der Waals surface area contributed by atoms with Crippen molar-refractivity contribution in [3.05, 3.63) is 11.4 Å². The maximum atomic E-state index is 5.51. The van der Waals surface area contributed by atoms with Crippen LogP contribution in [0.25, 0.3) is 0 Å². The predicted molar refractivity (Wildman–Crippen MR) is 76.0 cm³/mol. The highest BCUT2D eigenvalue weighted by Crippen LogP contribution is 2.27. The number of anilines is 2. The summed E-state index contributed by atoms with van der Waals surface area (Å²) in [6, 6.07) is 0.314. The molecule has 1 heterocycles. The second-order valence-electron chi connectivity index (χ2n) is 4.92. The van der Waals surface area contributed by atoms with Crippen molar-refractivity contribution in [3.63, 3.8) is 0 Å². The lowest BCUT2D eigenvalue weighted by Gasteiger charge is -2.22. The van der Waals surface area contributed by atoms with Crippen molar-refractivity contribution in [1.29, 1.82) is 0 Å². The second kappa shape index (κ2) is 6.16. The van der Waals surface area contributed by atoms with Crippen LogP contribution < -0.4 is 16.6 Å². The van der Waals surface area contributed by atoms with Crippen molar-refractivity contribution < 1.29 is 4.74 Å². The topological polar surface area (TPSA) is 85.1 Å². The minimum absolute atomic E-state index is 0.258. The quantitative estimate of drug-likeness (QED) is 0.554. The molecule has 6 heteroatoms. The number of nitrogen functional groups attached to an aromatic ring is 1. The zero-order valence-electron chi connectivity index (χ0n) is 11.9. The van der Waals surface area contributed by atoms with E-state index in [2.05, 4.69) is 20.7 Å². The van der Waals surface area contributed by atoms with Gasteiger partial charge in [0, 0.05) is 19.1 Å². The van der Waals surface area contributed by atoms with Crippen molar-refractivity contribution in [1.82, 2.24) is 9.97 Å². The molecule has 19 heavy (non-hydrogen) atoms. The van der Waals surface area contributed by atoms with E-state index in [9.17, 15) is 0 Å². The molecule has 0 bridgehead atoms. The van der Waals surface area contributed by atoms with E-state index < -0.39 is 0 Å². The van der Waals surface area contributed by atoms with Gasteiger partial charge in [0.1, 0.15) is 17.5 Å². The van der Waals surface area contributed by atoms with Crippen LogP contribution in [0.15, 0.2) is 0 Å². The van der Waals surface area contributed by atoms with Gasteiger partial charge in [-0.1, -0.05) is 6.92 Å². The van der Waals surface area contributed by atoms with Crippen molar-refractivity contribution in [2.75, 3.05) is 17.9 Å². The fourth-order valence-corrected chi connectivity index (χ4v) is 2.55. The summed E-state index contributed by atoms with van der Waals surface area (Å²) in [5.74, 6) is 7.83. The number of hydrogen-bond acceptors (Lipinski definition) is 6. The van der Waals surface area contributed by atoms with E-state index >= 15 is 0 Å². The molecular formula is C13H23N5O. The number of hydrogen-bond donors (Lipinski definition) is 3. The first-order valence-corrected chi connectivity index (χ1v) is 6.83. The second-order valence-corrected chi connectivity index (χ2v) is 4.92. The monoisotopic (exact) mass is 265 g/mol. The van der Waals surface area contributed by atoms with Gasteiger partial charge in [-0.3, -0.25) is 0 Å².